The monoisotopic (exact) mass is 311 g/mol. The zero-order valence-corrected chi connectivity index (χ0v) is 11.9. The molecule has 1 aromatic rings. The van der Waals surface area contributed by atoms with E-state index in [1.807, 2.05) is 0 Å². The molecule has 0 amide bonds. The summed E-state index contributed by atoms with van der Waals surface area (Å²) in [6.45, 7) is 3.12. The minimum atomic E-state index is -4.79. The topological polar surface area (TPSA) is 55.4 Å². The number of halogens is 3. The van der Waals surface area contributed by atoms with E-state index in [1.54, 1.807) is 13.8 Å². The van der Waals surface area contributed by atoms with Crippen LogP contribution in [-0.4, -0.2) is 32.3 Å². The van der Waals surface area contributed by atoms with Crippen LogP contribution in [0.4, 0.5) is 18.9 Å². The van der Waals surface area contributed by atoms with E-state index in [0.717, 1.165) is 6.07 Å². The second kappa shape index (κ2) is 6.34. The molecule has 0 unspecified atom stereocenters. The number of alkyl halides is 3. The van der Waals surface area contributed by atoms with Crippen LogP contribution in [0.15, 0.2) is 24.3 Å². The molecule has 0 spiro atoms. The number of hydrogen-bond donors (Lipinski definition) is 1. The van der Waals surface area contributed by atoms with Gasteiger partial charge in [0.1, 0.15) is 0 Å². The van der Waals surface area contributed by atoms with E-state index in [-0.39, 0.29) is 23.7 Å². The Morgan fingerprint density at radius 2 is 1.85 bits per heavy atom. The van der Waals surface area contributed by atoms with E-state index in [9.17, 15) is 21.6 Å². The highest BCUT2D eigenvalue weighted by atomic mass is 32.2. The molecule has 20 heavy (non-hydrogen) atoms. The highest BCUT2D eigenvalue weighted by Gasteiger charge is 2.32. The third-order valence-corrected chi connectivity index (χ3v) is 4.74. The molecule has 0 saturated heterocycles. The predicted octanol–water partition coefficient (Wildman–Crippen LogP) is 2.82. The van der Waals surface area contributed by atoms with Crippen LogP contribution >= 0.6 is 0 Å². The Labute approximate surface area is 115 Å². The number of benzene rings is 1. The lowest BCUT2D eigenvalue weighted by molar-refractivity contribution is -0.274. The van der Waals surface area contributed by atoms with Gasteiger partial charge in [0.25, 0.3) is 0 Å². The van der Waals surface area contributed by atoms with Gasteiger partial charge >= 0.3 is 6.36 Å². The van der Waals surface area contributed by atoms with Crippen molar-refractivity contribution in [3.05, 3.63) is 24.3 Å². The van der Waals surface area contributed by atoms with E-state index in [0.29, 0.717) is 0 Å². The molecule has 0 aromatic heterocycles. The van der Waals surface area contributed by atoms with Gasteiger partial charge in [-0.25, -0.2) is 8.42 Å². The summed E-state index contributed by atoms with van der Waals surface area (Å²) in [5, 5.41) is 2.12. The second-order valence-corrected chi connectivity index (χ2v) is 7.06. The van der Waals surface area contributed by atoms with Gasteiger partial charge in [0, 0.05) is 6.54 Å². The van der Waals surface area contributed by atoms with Gasteiger partial charge in [0.15, 0.2) is 15.6 Å². The molecule has 0 fully saturated rings. The third kappa shape index (κ3) is 5.28. The van der Waals surface area contributed by atoms with Gasteiger partial charge < -0.3 is 10.1 Å². The van der Waals surface area contributed by atoms with Crippen molar-refractivity contribution in [2.24, 2.45) is 0 Å². The van der Waals surface area contributed by atoms with E-state index in [1.165, 1.54) is 18.2 Å². The van der Waals surface area contributed by atoms with Crippen molar-refractivity contribution in [1.82, 2.24) is 0 Å². The molecule has 0 aliphatic heterocycles. The van der Waals surface area contributed by atoms with Crippen molar-refractivity contribution in [3.63, 3.8) is 0 Å². The van der Waals surface area contributed by atoms with Crippen molar-refractivity contribution in [2.75, 3.05) is 17.6 Å². The normalized spacial score (nSPS) is 12.5. The first-order chi connectivity index (χ1) is 9.12. The maximum atomic E-state index is 12.2. The molecule has 0 aliphatic carbocycles. The molecule has 8 heteroatoms. The number of ether oxygens (including phenoxy) is 1. The Bertz CT molecular complexity index is 541. The zero-order chi connectivity index (χ0) is 15.4. The lowest BCUT2D eigenvalue weighted by Crippen LogP contribution is -2.23. The highest BCUT2D eigenvalue weighted by Crippen LogP contribution is 2.29. The average molecular weight is 311 g/mol. The van der Waals surface area contributed by atoms with Crippen LogP contribution in [0.1, 0.15) is 13.8 Å². The summed E-state index contributed by atoms with van der Waals surface area (Å²) in [5.74, 6) is -0.549. The lowest BCUT2D eigenvalue weighted by atomic mass is 10.3. The quantitative estimate of drug-likeness (QED) is 0.878. The summed E-state index contributed by atoms with van der Waals surface area (Å²) in [6, 6.07) is 5.48. The minimum Gasteiger partial charge on any atom is -0.404 e. The standard InChI is InChI=1S/C12H16F3NO3S/c1-9(2)20(17,18)8-7-16-10-5-3-4-6-11(10)19-12(13,14)15/h3-6,9,16H,7-8H2,1-2H3. The summed E-state index contributed by atoms with van der Waals surface area (Å²) in [5.41, 5.74) is 0.101. The average Bonchev–Trinajstić information content (AvgIpc) is 2.29. The van der Waals surface area contributed by atoms with Crippen molar-refractivity contribution in [1.29, 1.82) is 0 Å². The first-order valence-corrected chi connectivity index (χ1v) is 7.63. The molecule has 0 heterocycles. The largest absolute Gasteiger partial charge is 0.573 e. The number of para-hydroxylation sites is 2. The number of sulfone groups is 1. The Hall–Kier alpha value is -1.44. The second-order valence-electron chi connectivity index (χ2n) is 4.39. The van der Waals surface area contributed by atoms with Gasteiger partial charge in [-0.1, -0.05) is 12.1 Å². The van der Waals surface area contributed by atoms with Crippen LogP contribution in [0.5, 0.6) is 5.75 Å². The summed E-state index contributed by atoms with van der Waals surface area (Å²) < 4.78 is 63.6. The summed E-state index contributed by atoms with van der Waals surface area (Å²) in [4.78, 5) is 0. The van der Waals surface area contributed by atoms with Gasteiger partial charge in [-0.2, -0.15) is 0 Å². The van der Waals surface area contributed by atoms with E-state index in [2.05, 4.69) is 10.1 Å². The molecular weight excluding hydrogens is 295 g/mol. The fourth-order valence-electron chi connectivity index (χ4n) is 1.39. The number of nitrogens with one attached hydrogen (secondary N) is 1. The molecule has 1 rings (SSSR count). The molecule has 114 valence electrons. The zero-order valence-electron chi connectivity index (χ0n) is 11.1. The van der Waals surface area contributed by atoms with Gasteiger partial charge in [0.05, 0.1) is 16.7 Å². The predicted molar refractivity (Wildman–Crippen MR) is 70.5 cm³/mol. The van der Waals surface area contributed by atoms with Gasteiger partial charge in [0.2, 0.25) is 0 Å². The Morgan fingerprint density at radius 1 is 1.25 bits per heavy atom. The van der Waals surface area contributed by atoms with Gasteiger partial charge in [-0.15, -0.1) is 13.2 Å². The van der Waals surface area contributed by atoms with E-state index in [4.69, 9.17) is 0 Å². The Morgan fingerprint density at radius 3 is 2.40 bits per heavy atom. The maximum absolute atomic E-state index is 12.2. The first-order valence-electron chi connectivity index (χ1n) is 5.92. The Balaban J connectivity index is 2.70. The number of rotatable bonds is 6. The Kier molecular flexibility index (Phi) is 5.27. The maximum Gasteiger partial charge on any atom is 0.573 e. The fourth-order valence-corrected chi connectivity index (χ4v) is 2.25. The molecular formula is C12H16F3NO3S. The minimum absolute atomic E-state index is 0.0126. The van der Waals surface area contributed by atoms with Crippen LogP contribution in [0.3, 0.4) is 0 Å². The molecule has 0 saturated carbocycles. The summed E-state index contributed by atoms with van der Waals surface area (Å²) >= 11 is 0. The van der Waals surface area contributed by atoms with Crippen molar-refractivity contribution in [2.45, 2.75) is 25.5 Å². The molecule has 0 bridgehead atoms. The van der Waals surface area contributed by atoms with E-state index < -0.39 is 21.4 Å². The fraction of sp³-hybridized carbons (Fsp3) is 0.500. The van der Waals surface area contributed by atoms with Crippen molar-refractivity contribution in [3.8, 4) is 5.75 Å². The van der Waals surface area contributed by atoms with E-state index >= 15 is 0 Å². The van der Waals surface area contributed by atoms with Gasteiger partial charge in [-0.05, 0) is 26.0 Å². The van der Waals surface area contributed by atoms with Crippen LogP contribution in [0.25, 0.3) is 0 Å². The van der Waals surface area contributed by atoms with Crippen LogP contribution < -0.4 is 10.1 Å². The SMILES string of the molecule is CC(C)S(=O)(=O)CCNc1ccccc1OC(F)(F)F. The smallest absolute Gasteiger partial charge is 0.404 e. The molecule has 0 radical (unpaired) electrons. The van der Waals surface area contributed by atoms with Crippen LogP contribution in [-0.2, 0) is 9.84 Å². The molecule has 0 aliphatic rings. The first kappa shape index (κ1) is 16.6. The highest BCUT2D eigenvalue weighted by molar-refractivity contribution is 7.92. The number of hydrogen-bond acceptors (Lipinski definition) is 4. The molecule has 0 atom stereocenters. The third-order valence-electron chi connectivity index (χ3n) is 2.53. The molecule has 1 N–H and O–H groups in total. The van der Waals surface area contributed by atoms with Gasteiger partial charge in [-0.3, -0.25) is 0 Å². The summed E-state index contributed by atoms with van der Waals surface area (Å²) in [7, 11) is -3.24. The van der Waals surface area contributed by atoms with Crippen molar-refractivity contribution >= 4 is 15.5 Å². The van der Waals surface area contributed by atoms with Crippen LogP contribution in [0, 0.1) is 0 Å². The summed E-state index contributed by atoms with van der Waals surface area (Å²) in [6.07, 6.45) is -4.79. The molecule has 1 aromatic carbocycles. The molecule has 4 nitrogen and oxygen atoms in total. The van der Waals surface area contributed by atoms with Crippen molar-refractivity contribution < 1.29 is 26.3 Å². The number of anilines is 1. The lowest BCUT2D eigenvalue weighted by Gasteiger charge is -2.15. The van der Waals surface area contributed by atoms with Crippen LogP contribution in [0.2, 0.25) is 0 Å².